The summed E-state index contributed by atoms with van der Waals surface area (Å²) in [5.74, 6) is 0.858. The van der Waals surface area contributed by atoms with E-state index in [1.54, 1.807) is 11.3 Å². The maximum Gasteiger partial charge on any atom is 0.222 e. The molecule has 0 spiro atoms. The van der Waals surface area contributed by atoms with Crippen molar-refractivity contribution < 1.29 is 9.53 Å². The van der Waals surface area contributed by atoms with E-state index >= 15 is 0 Å². The number of carbonyl (C=O) groups is 1. The minimum absolute atomic E-state index is 0. The van der Waals surface area contributed by atoms with Crippen LogP contribution in [-0.2, 0) is 9.53 Å². The van der Waals surface area contributed by atoms with E-state index in [2.05, 4.69) is 52.2 Å². The Morgan fingerprint density at radius 1 is 1.34 bits per heavy atom. The van der Waals surface area contributed by atoms with Crippen LogP contribution in [0.5, 0.6) is 0 Å². The van der Waals surface area contributed by atoms with Gasteiger partial charge in [-0.25, -0.2) is 0 Å². The Bertz CT molecular complexity index is 612. The van der Waals surface area contributed by atoms with Gasteiger partial charge in [0, 0.05) is 43.5 Å². The maximum atomic E-state index is 11.7. The molecule has 0 radical (unpaired) electrons. The topological polar surface area (TPSA) is 78.0 Å². The fourth-order valence-electron chi connectivity index (χ4n) is 3.08. The first kappa shape index (κ1) is 26.1. The van der Waals surface area contributed by atoms with Crippen LogP contribution in [0.15, 0.2) is 22.5 Å². The molecule has 2 atom stereocenters. The lowest BCUT2D eigenvalue weighted by Crippen LogP contribution is -2.45. The third-order valence-corrected chi connectivity index (χ3v) is 5.57. The summed E-state index contributed by atoms with van der Waals surface area (Å²) >= 11 is 1.78. The number of thiophene rings is 1. The number of aliphatic imine (C=N–C) groups is 1. The summed E-state index contributed by atoms with van der Waals surface area (Å²) in [6.45, 7) is 13.3. The second kappa shape index (κ2) is 14.2. The first-order chi connectivity index (χ1) is 13.5. The van der Waals surface area contributed by atoms with Crippen molar-refractivity contribution in [2.24, 2.45) is 10.9 Å². The fraction of sp³-hybridized carbons (Fsp3) is 0.700. The zero-order valence-electron chi connectivity index (χ0n) is 17.9. The molecule has 0 bridgehead atoms. The third kappa shape index (κ3) is 9.18. The monoisotopic (exact) mass is 537 g/mol. The number of nitrogens with one attached hydrogen (secondary N) is 3. The first-order valence-corrected chi connectivity index (χ1v) is 11.1. The molecule has 3 N–H and O–H groups in total. The van der Waals surface area contributed by atoms with Gasteiger partial charge in [-0.15, -0.1) is 35.3 Å². The minimum atomic E-state index is 0. The Kier molecular flexibility index (Phi) is 12.8. The van der Waals surface area contributed by atoms with Gasteiger partial charge in [0.2, 0.25) is 5.91 Å². The van der Waals surface area contributed by atoms with E-state index in [1.165, 1.54) is 4.88 Å². The maximum absolute atomic E-state index is 11.7. The highest BCUT2D eigenvalue weighted by molar-refractivity contribution is 14.0. The number of amides is 1. The van der Waals surface area contributed by atoms with E-state index in [4.69, 9.17) is 9.73 Å². The number of guanidine groups is 1. The third-order valence-electron chi connectivity index (χ3n) is 4.59. The molecule has 7 nitrogen and oxygen atoms in total. The van der Waals surface area contributed by atoms with Crippen LogP contribution in [0.2, 0.25) is 0 Å². The first-order valence-electron chi connectivity index (χ1n) is 10.2. The van der Waals surface area contributed by atoms with Gasteiger partial charge in [-0.05, 0) is 25.3 Å². The Balaban J connectivity index is 0.00000420. The van der Waals surface area contributed by atoms with Crippen molar-refractivity contribution in [2.45, 2.75) is 39.8 Å². The van der Waals surface area contributed by atoms with E-state index in [9.17, 15) is 4.79 Å². The molecule has 1 fully saturated rings. The lowest BCUT2D eigenvalue weighted by Gasteiger charge is -2.36. The average Bonchev–Trinajstić information content (AvgIpc) is 3.19. The number of nitrogens with zero attached hydrogens (tertiary/aromatic N) is 2. The molecule has 2 heterocycles. The molecule has 1 amide bonds. The second-order valence-electron chi connectivity index (χ2n) is 7.30. The van der Waals surface area contributed by atoms with E-state index < -0.39 is 0 Å². The molecule has 2 unspecified atom stereocenters. The Morgan fingerprint density at radius 3 is 2.72 bits per heavy atom. The SMILES string of the molecule is CCNC(=NCC(c1cccs1)N1CCOC(C)C1)NCCNC(=O)C(C)C.I. The van der Waals surface area contributed by atoms with Crippen LogP contribution < -0.4 is 16.0 Å². The molecule has 1 aliphatic rings. The van der Waals surface area contributed by atoms with Gasteiger partial charge in [0.05, 0.1) is 25.3 Å². The highest BCUT2D eigenvalue weighted by Gasteiger charge is 2.26. The largest absolute Gasteiger partial charge is 0.376 e. The molecule has 0 aliphatic carbocycles. The predicted molar refractivity (Wildman–Crippen MR) is 131 cm³/mol. The predicted octanol–water partition coefficient (Wildman–Crippen LogP) is 2.46. The van der Waals surface area contributed by atoms with Crippen LogP contribution in [0.1, 0.15) is 38.6 Å². The molecular weight excluding hydrogens is 501 g/mol. The molecule has 0 aromatic carbocycles. The van der Waals surface area contributed by atoms with Gasteiger partial charge in [-0.2, -0.15) is 0 Å². The van der Waals surface area contributed by atoms with E-state index in [-0.39, 0.29) is 47.9 Å². The van der Waals surface area contributed by atoms with Gasteiger partial charge < -0.3 is 20.7 Å². The Hall–Kier alpha value is -0.910. The summed E-state index contributed by atoms with van der Waals surface area (Å²) in [7, 11) is 0. The van der Waals surface area contributed by atoms with Crippen molar-refractivity contribution in [3.8, 4) is 0 Å². The highest BCUT2D eigenvalue weighted by Crippen LogP contribution is 2.27. The number of rotatable bonds is 9. The molecule has 166 valence electrons. The molecule has 9 heteroatoms. The fourth-order valence-corrected chi connectivity index (χ4v) is 3.94. The van der Waals surface area contributed by atoms with Gasteiger partial charge in [0.25, 0.3) is 0 Å². The van der Waals surface area contributed by atoms with Crippen LogP contribution in [0.4, 0.5) is 0 Å². The number of halogens is 1. The van der Waals surface area contributed by atoms with Crippen LogP contribution in [-0.4, -0.2) is 68.7 Å². The summed E-state index contributed by atoms with van der Waals surface area (Å²) in [6, 6.07) is 4.54. The van der Waals surface area contributed by atoms with Crippen LogP contribution in [0.3, 0.4) is 0 Å². The number of hydrogen-bond acceptors (Lipinski definition) is 5. The Morgan fingerprint density at radius 2 is 2.10 bits per heavy atom. The van der Waals surface area contributed by atoms with Crippen LogP contribution in [0, 0.1) is 5.92 Å². The summed E-state index contributed by atoms with van der Waals surface area (Å²) in [6.07, 6.45) is 0.246. The highest BCUT2D eigenvalue weighted by atomic mass is 127. The minimum Gasteiger partial charge on any atom is -0.376 e. The number of carbonyl (C=O) groups excluding carboxylic acids is 1. The Labute approximate surface area is 196 Å². The van der Waals surface area contributed by atoms with Crippen molar-refractivity contribution in [3.05, 3.63) is 22.4 Å². The smallest absolute Gasteiger partial charge is 0.222 e. The van der Waals surface area contributed by atoms with Gasteiger partial charge in [-0.3, -0.25) is 14.7 Å². The van der Waals surface area contributed by atoms with Crippen molar-refractivity contribution in [3.63, 3.8) is 0 Å². The normalized spacial score (nSPS) is 18.8. The molecule has 2 rings (SSSR count). The number of morpholine rings is 1. The summed E-state index contributed by atoms with van der Waals surface area (Å²) in [4.78, 5) is 20.3. The van der Waals surface area contributed by atoms with E-state index in [1.807, 2.05) is 13.8 Å². The molecular formula is C20H36IN5O2S. The lowest BCUT2D eigenvalue weighted by atomic mass is 10.1. The van der Waals surface area contributed by atoms with Crippen LogP contribution in [0.25, 0.3) is 0 Å². The molecule has 0 saturated carbocycles. The summed E-state index contributed by atoms with van der Waals surface area (Å²) < 4.78 is 5.71. The quantitative estimate of drug-likeness (QED) is 0.195. The zero-order valence-corrected chi connectivity index (χ0v) is 21.1. The van der Waals surface area contributed by atoms with E-state index in [0.29, 0.717) is 19.6 Å². The summed E-state index contributed by atoms with van der Waals surface area (Å²) in [5.41, 5.74) is 0. The van der Waals surface area contributed by atoms with Crippen molar-refractivity contribution in [1.29, 1.82) is 0 Å². The molecule has 1 aromatic heterocycles. The van der Waals surface area contributed by atoms with Gasteiger partial charge in [-0.1, -0.05) is 19.9 Å². The molecule has 29 heavy (non-hydrogen) atoms. The second-order valence-corrected chi connectivity index (χ2v) is 8.28. The average molecular weight is 538 g/mol. The van der Waals surface area contributed by atoms with Crippen molar-refractivity contribution in [1.82, 2.24) is 20.9 Å². The molecule has 1 aliphatic heterocycles. The standard InChI is InChI=1S/C20H35N5O2S.HI/c1-5-21-20(23-9-8-22-19(26)15(2)3)24-13-17(18-7-6-12-28-18)25-10-11-27-16(4)14-25;/h6-7,12,15-17H,5,8-11,13-14H2,1-4H3,(H,22,26)(H2,21,23,24);1H. The lowest BCUT2D eigenvalue weighted by molar-refractivity contribution is -0.123. The van der Waals surface area contributed by atoms with Crippen molar-refractivity contribution in [2.75, 3.05) is 45.9 Å². The zero-order chi connectivity index (χ0) is 20.4. The molecule has 1 saturated heterocycles. The van der Waals surface area contributed by atoms with Gasteiger partial charge >= 0.3 is 0 Å². The van der Waals surface area contributed by atoms with Crippen LogP contribution >= 0.6 is 35.3 Å². The van der Waals surface area contributed by atoms with E-state index in [0.717, 1.165) is 32.2 Å². The van der Waals surface area contributed by atoms with Gasteiger partial charge in [0.1, 0.15) is 0 Å². The van der Waals surface area contributed by atoms with Crippen molar-refractivity contribution >= 4 is 47.2 Å². The number of ether oxygens (including phenoxy) is 1. The molecule has 1 aromatic rings. The van der Waals surface area contributed by atoms with Gasteiger partial charge in [0.15, 0.2) is 5.96 Å². The summed E-state index contributed by atoms with van der Waals surface area (Å²) in [5, 5.41) is 11.6. The number of hydrogen-bond donors (Lipinski definition) is 3.